The average molecular weight is 508 g/mol. The van der Waals surface area contributed by atoms with Crippen molar-refractivity contribution in [3.05, 3.63) is 149 Å². The van der Waals surface area contributed by atoms with Gasteiger partial charge in [0.2, 0.25) is 0 Å². The molecule has 2 heterocycles. The Bertz CT molecular complexity index is 1770. The number of rotatable bonds is 3. The molecule has 0 bridgehead atoms. The molecule has 1 aliphatic heterocycles. The van der Waals surface area contributed by atoms with Crippen LogP contribution in [0.15, 0.2) is 143 Å². The highest BCUT2D eigenvalue weighted by Crippen LogP contribution is 2.38. The molecule has 0 amide bonds. The molecule has 38 heavy (non-hydrogen) atoms. The van der Waals surface area contributed by atoms with Crippen LogP contribution in [0.4, 0.5) is 17.1 Å². The summed E-state index contributed by atoms with van der Waals surface area (Å²) >= 11 is 0. The monoisotopic (exact) mass is 507 g/mol. The van der Waals surface area contributed by atoms with Crippen LogP contribution in [0.3, 0.4) is 0 Å². The Morgan fingerprint density at radius 3 is 1.71 bits per heavy atom. The van der Waals surface area contributed by atoms with Crippen molar-refractivity contribution in [1.29, 1.82) is 0 Å². The quantitative estimate of drug-likeness (QED) is 0.306. The summed E-state index contributed by atoms with van der Waals surface area (Å²) in [5.41, 5.74) is 3.80. The first-order valence-corrected chi connectivity index (χ1v) is 14.8. The number of anilines is 3. The zero-order chi connectivity index (χ0) is 25.7. The van der Waals surface area contributed by atoms with Crippen molar-refractivity contribution in [1.82, 2.24) is 0 Å². The Morgan fingerprint density at radius 2 is 1.13 bits per heavy atom. The van der Waals surface area contributed by atoms with Gasteiger partial charge in [-0.3, -0.25) is 4.79 Å². The van der Waals surface area contributed by atoms with Crippen LogP contribution < -0.4 is 31.1 Å². The summed E-state index contributed by atoms with van der Waals surface area (Å²) in [5, 5.41) is 5.93. The summed E-state index contributed by atoms with van der Waals surface area (Å²) in [4.78, 5) is 15.2. The number of para-hydroxylation sites is 2. The van der Waals surface area contributed by atoms with Crippen LogP contribution in [0.2, 0.25) is 0 Å². The highest BCUT2D eigenvalue weighted by Gasteiger charge is 2.48. The van der Waals surface area contributed by atoms with Crippen molar-refractivity contribution >= 4 is 56.9 Å². The van der Waals surface area contributed by atoms with Gasteiger partial charge in [-0.1, -0.05) is 97.1 Å². The Balaban J connectivity index is 1.59. The lowest BCUT2D eigenvalue weighted by atomic mass is 10.1. The minimum atomic E-state index is -2.64. The Morgan fingerprint density at radius 1 is 0.605 bits per heavy atom. The summed E-state index contributed by atoms with van der Waals surface area (Å²) < 4.78 is 5.86. The van der Waals surface area contributed by atoms with E-state index in [1.165, 1.54) is 20.7 Å². The Labute approximate surface area is 222 Å². The third kappa shape index (κ3) is 3.24. The van der Waals surface area contributed by atoms with Gasteiger partial charge in [-0.05, 0) is 58.0 Å². The zero-order valence-corrected chi connectivity index (χ0v) is 22.0. The van der Waals surface area contributed by atoms with Gasteiger partial charge < -0.3 is 9.32 Å². The van der Waals surface area contributed by atoms with E-state index in [9.17, 15) is 4.79 Å². The van der Waals surface area contributed by atoms with Crippen LogP contribution in [-0.4, -0.2) is 8.07 Å². The molecule has 0 radical (unpaired) electrons. The van der Waals surface area contributed by atoms with E-state index in [1.54, 1.807) is 6.07 Å². The van der Waals surface area contributed by atoms with Gasteiger partial charge in [-0.2, -0.15) is 0 Å². The van der Waals surface area contributed by atoms with E-state index < -0.39 is 8.07 Å². The Kier molecular flexibility index (Phi) is 5.17. The second-order valence-corrected chi connectivity index (χ2v) is 13.5. The highest BCUT2D eigenvalue weighted by atomic mass is 28.3. The number of benzene rings is 5. The van der Waals surface area contributed by atoms with Crippen LogP contribution in [0.5, 0.6) is 0 Å². The number of hydrogen-bond acceptors (Lipinski definition) is 3. The maximum absolute atomic E-state index is 12.9. The fourth-order valence-electron chi connectivity index (χ4n) is 6.09. The molecule has 3 nitrogen and oxygen atoms in total. The highest BCUT2D eigenvalue weighted by molar-refractivity contribution is 7.21. The molecule has 7 rings (SSSR count). The van der Waals surface area contributed by atoms with Gasteiger partial charge in [-0.25, -0.2) is 0 Å². The number of aryl methyl sites for hydroxylation is 1. The topological polar surface area (TPSA) is 33.5 Å². The SMILES string of the molecule is Cc1cc(=O)c2cc(N3c4ccccc4[Si](c4ccccc4)(c4ccccc4)c4ccccc43)ccc2o1. The number of fused-ring (bicyclic) bond motifs is 3. The molecule has 0 N–H and O–H groups in total. The van der Waals surface area contributed by atoms with Gasteiger partial charge in [0.15, 0.2) is 13.5 Å². The van der Waals surface area contributed by atoms with Crippen molar-refractivity contribution < 1.29 is 4.42 Å². The van der Waals surface area contributed by atoms with Crippen molar-refractivity contribution in [2.45, 2.75) is 6.92 Å². The van der Waals surface area contributed by atoms with E-state index in [2.05, 4.69) is 120 Å². The zero-order valence-electron chi connectivity index (χ0n) is 21.0. The van der Waals surface area contributed by atoms with Crippen LogP contribution in [0.1, 0.15) is 5.76 Å². The van der Waals surface area contributed by atoms with Crippen LogP contribution in [0.25, 0.3) is 11.0 Å². The standard InChI is InChI=1S/C34H25NO2Si/c1-24-22-31(36)28-23-25(20-21-32(28)37-24)35-29-16-8-10-18-33(29)38(26-12-4-2-5-13-26,27-14-6-3-7-15-27)34-19-11-9-17-30(34)35/h2-23H,1H3. The normalized spacial score (nSPS) is 13.7. The number of nitrogens with zero attached hydrogens (tertiary/aromatic N) is 1. The predicted molar refractivity (Wildman–Crippen MR) is 159 cm³/mol. The van der Waals surface area contributed by atoms with Crippen LogP contribution in [0, 0.1) is 6.92 Å². The third-order valence-electron chi connectivity index (χ3n) is 7.60. The number of hydrogen-bond donors (Lipinski definition) is 0. The molecule has 0 atom stereocenters. The summed E-state index contributed by atoms with van der Waals surface area (Å²) in [5.74, 6) is 0.616. The second kappa shape index (κ2) is 8.72. The van der Waals surface area contributed by atoms with Gasteiger partial charge in [0.05, 0.1) is 5.39 Å². The first-order valence-electron chi connectivity index (χ1n) is 12.8. The predicted octanol–water partition coefficient (Wildman–Crippen LogP) is 5.26. The molecule has 182 valence electrons. The second-order valence-electron chi connectivity index (χ2n) is 9.75. The van der Waals surface area contributed by atoms with E-state index in [-0.39, 0.29) is 5.43 Å². The van der Waals surface area contributed by atoms with Gasteiger partial charge in [-0.15, -0.1) is 0 Å². The molecule has 6 aromatic rings. The maximum atomic E-state index is 12.9. The lowest BCUT2D eigenvalue weighted by Gasteiger charge is -2.45. The minimum absolute atomic E-state index is 0.0264. The summed E-state index contributed by atoms with van der Waals surface area (Å²) in [7, 11) is -2.64. The van der Waals surface area contributed by atoms with Crippen molar-refractivity contribution in [3.63, 3.8) is 0 Å². The van der Waals surface area contributed by atoms with Gasteiger partial charge in [0.1, 0.15) is 11.3 Å². The van der Waals surface area contributed by atoms with Crippen molar-refractivity contribution in [2.24, 2.45) is 0 Å². The first kappa shape index (κ1) is 22.5. The van der Waals surface area contributed by atoms with E-state index in [4.69, 9.17) is 4.42 Å². The smallest absolute Gasteiger partial charge is 0.193 e. The molecule has 0 saturated heterocycles. The third-order valence-corrected chi connectivity index (χ3v) is 12.5. The summed E-state index contributed by atoms with van der Waals surface area (Å²) in [6.45, 7) is 1.81. The molecule has 5 aromatic carbocycles. The van der Waals surface area contributed by atoms with E-state index >= 15 is 0 Å². The molecule has 1 aromatic heterocycles. The average Bonchev–Trinajstić information content (AvgIpc) is 2.97. The van der Waals surface area contributed by atoms with Gasteiger partial charge in [0, 0.05) is 23.1 Å². The molecular weight excluding hydrogens is 482 g/mol. The van der Waals surface area contributed by atoms with Crippen molar-refractivity contribution in [3.8, 4) is 0 Å². The van der Waals surface area contributed by atoms with Crippen LogP contribution >= 0.6 is 0 Å². The lowest BCUT2D eigenvalue weighted by molar-refractivity contribution is 0.565. The minimum Gasteiger partial charge on any atom is -0.461 e. The molecular formula is C34H25NO2Si. The summed E-state index contributed by atoms with van der Waals surface area (Å²) in [6, 6.07) is 46.9. The summed E-state index contributed by atoms with van der Waals surface area (Å²) in [6.07, 6.45) is 0. The van der Waals surface area contributed by atoms with Crippen LogP contribution in [-0.2, 0) is 0 Å². The molecule has 1 aliphatic rings. The largest absolute Gasteiger partial charge is 0.461 e. The molecule has 0 spiro atoms. The van der Waals surface area contributed by atoms with E-state index in [0.717, 1.165) is 17.1 Å². The fourth-order valence-corrected chi connectivity index (χ4v) is 11.2. The molecule has 0 fully saturated rings. The van der Waals surface area contributed by atoms with Gasteiger partial charge >= 0.3 is 0 Å². The first-order chi connectivity index (χ1) is 18.7. The fraction of sp³-hybridized carbons (Fsp3) is 0.0294. The molecule has 0 unspecified atom stereocenters. The molecule has 0 saturated carbocycles. The lowest BCUT2D eigenvalue weighted by Crippen LogP contribution is -2.77. The molecule has 0 aliphatic carbocycles. The van der Waals surface area contributed by atoms with E-state index in [0.29, 0.717) is 16.7 Å². The van der Waals surface area contributed by atoms with Gasteiger partial charge in [0.25, 0.3) is 0 Å². The van der Waals surface area contributed by atoms with E-state index in [1.807, 2.05) is 19.1 Å². The maximum Gasteiger partial charge on any atom is 0.193 e. The molecule has 4 heteroatoms. The Hall–Kier alpha value is -4.67. The van der Waals surface area contributed by atoms with Crippen molar-refractivity contribution in [2.75, 3.05) is 4.90 Å².